The lowest BCUT2D eigenvalue weighted by atomic mass is 9.97. The maximum atomic E-state index is 6.84. The number of hydrogen-bond donors (Lipinski definition) is 0. The second-order valence-electron chi connectivity index (χ2n) is 16.9. The van der Waals surface area contributed by atoms with Crippen molar-refractivity contribution in [3.05, 3.63) is 243 Å². The van der Waals surface area contributed by atoms with E-state index in [1.165, 1.54) is 54.5 Å². The average molecular weight is 829 g/mol. The van der Waals surface area contributed by atoms with Crippen LogP contribution in [0.1, 0.15) is 0 Å². The largest absolute Gasteiger partial charge is 0.455 e. The average Bonchev–Trinajstić information content (AvgIpc) is 3.91. The molecule has 0 N–H and O–H groups in total. The number of rotatable bonds is 7. The molecule has 0 aliphatic rings. The van der Waals surface area contributed by atoms with E-state index in [0.29, 0.717) is 0 Å². The van der Waals surface area contributed by atoms with Gasteiger partial charge in [-0.3, -0.25) is 0 Å². The van der Waals surface area contributed by atoms with E-state index in [1.54, 1.807) is 0 Å². The third-order valence-corrected chi connectivity index (χ3v) is 13.1. The second-order valence-corrected chi connectivity index (χ2v) is 16.9. The third-order valence-electron chi connectivity index (χ3n) is 13.1. The van der Waals surface area contributed by atoms with Crippen LogP contribution in [0, 0.1) is 0 Å². The first-order valence-corrected chi connectivity index (χ1v) is 22.2. The van der Waals surface area contributed by atoms with Gasteiger partial charge in [-0.1, -0.05) is 176 Å². The van der Waals surface area contributed by atoms with E-state index < -0.39 is 0 Å². The summed E-state index contributed by atoms with van der Waals surface area (Å²) in [5, 5.41) is 9.55. The molecule has 13 rings (SSSR count). The van der Waals surface area contributed by atoms with Crippen molar-refractivity contribution in [1.82, 2.24) is 4.57 Å². The number of hydrogen-bond acceptors (Lipinski definition) is 2. The number of fused-ring (bicyclic) bond motifs is 8. The number of nitrogens with zero attached hydrogens (tertiary/aromatic N) is 2. The van der Waals surface area contributed by atoms with Crippen LogP contribution in [0.25, 0.3) is 104 Å². The molecule has 3 nitrogen and oxygen atoms in total. The van der Waals surface area contributed by atoms with Crippen molar-refractivity contribution >= 4 is 82.4 Å². The maximum Gasteiger partial charge on any atom is 0.143 e. The SMILES string of the molecule is c1cc(-c2ccc3ccccc3c2)cc(N(c2ccc(-c3ccccc3-n3c4ccccc4c4ccccc43)cc2)c2ccccc2-c2cccc3c2oc2cc4ccccc4cc23)c1. The molecule has 0 saturated carbocycles. The van der Waals surface area contributed by atoms with E-state index in [1.807, 2.05) is 0 Å². The number of furan rings is 1. The van der Waals surface area contributed by atoms with Crippen molar-refractivity contribution in [2.45, 2.75) is 0 Å². The van der Waals surface area contributed by atoms with Crippen LogP contribution >= 0.6 is 0 Å². The first-order valence-electron chi connectivity index (χ1n) is 22.2. The highest BCUT2D eigenvalue weighted by Gasteiger charge is 2.22. The van der Waals surface area contributed by atoms with Gasteiger partial charge in [-0.25, -0.2) is 0 Å². The molecule has 2 aromatic heterocycles. The maximum absolute atomic E-state index is 6.84. The molecule has 3 heteroatoms. The van der Waals surface area contributed by atoms with Gasteiger partial charge in [-0.15, -0.1) is 0 Å². The molecule has 0 saturated heterocycles. The smallest absolute Gasteiger partial charge is 0.143 e. The zero-order valence-corrected chi connectivity index (χ0v) is 35.4. The van der Waals surface area contributed by atoms with Crippen LogP contribution in [0.3, 0.4) is 0 Å². The minimum atomic E-state index is 0.882. The Balaban J connectivity index is 0.985. The van der Waals surface area contributed by atoms with Crippen LogP contribution in [-0.4, -0.2) is 4.57 Å². The Morgan fingerprint density at radius 3 is 1.68 bits per heavy atom. The van der Waals surface area contributed by atoms with Gasteiger partial charge >= 0.3 is 0 Å². The fourth-order valence-corrected chi connectivity index (χ4v) is 10.1. The molecule has 13 aromatic rings. The Morgan fingerprint density at radius 2 is 0.892 bits per heavy atom. The van der Waals surface area contributed by atoms with Crippen LogP contribution in [-0.2, 0) is 0 Å². The first kappa shape index (κ1) is 36.9. The molecule has 0 aliphatic carbocycles. The van der Waals surface area contributed by atoms with Crippen molar-refractivity contribution in [3.8, 4) is 39.1 Å². The molecule has 0 amide bonds. The van der Waals surface area contributed by atoms with Gasteiger partial charge in [-0.2, -0.15) is 0 Å². The Bertz CT molecular complexity index is 3910. The van der Waals surface area contributed by atoms with Crippen LogP contribution in [0.15, 0.2) is 247 Å². The minimum absolute atomic E-state index is 0.882. The zero-order valence-electron chi connectivity index (χ0n) is 35.4. The Morgan fingerprint density at radius 1 is 0.323 bits per heavy atom. The van der Waals surface area contributed by atoms with Crippen LogP contribution < -0.4 is 4.90 Å². The summed E-state index contributed by atoms with van der Waals surface area (Å²) >= 11 is 0. The minimum Gasteiger partial charge on any atom is -0.455 e. The molecule has 11 aromatic carbocycles. The van der Waals surface area contributed by atoms with Gasteiger partial charge in [0.1, 0.15) is 11.2 Å². The molecule has 0 atom stereocenters. The van der Waals surface area contributed by atoms with Gasteiger partial charge in [0.25, 0.3) is 0 Å². The van der Waals surface area contributed by atoms with Gasteiger partial charge in [-0.05, 0) is 105 Å². The predicted octanol–water partition coefficient (Wildman–Crippen LogP) is 17.5. The highest BCUT2D eigenvalue weighted by molar-refractivity contribution is 6.14. The standard InChI is InChI=1S/C62H40N2O/c1-2-16-43-37-47(32-31-41(43)15-1)44-19-13-20-49(38-44)63(58-28-10-8-24-53(58)54-25-14-26-55-56-39-45-17-3-4-18-46(45)40-61(56)65-62(54)55)48-35-33-42(34-36-48)50-21-5-9-27-57(50)64-59-29-11-6-22-51(59)52-23-7-12-30-60(52)64/h1-40H. The Kier molecular flexibility index (Phi) is 8.53. The lowest BCUT2D eigenvalue weighted by molar-refractivity contribution is 0.670. The van der Waals surface area contributed by atoms with Gasteiger partial charge in [0, 0.05) is 49.6 Å². The van der Waals surface area contributed by atoms with Crippen LogP contribution in [0.2, 0.25) is 0 Å². The summed E-state index contributed by atoms with van der Waals surface area (Å²) in [5.41, 5.74) is 15.2. The Labute approximate surface area is 376 Å². The van der Waals surface area contributed by atoms with Gasteiger partial charge in [0.2, 0.25) is 0 Å². The molecule has 0 unspecified atom stereocenters. The summed E-state index contributed by atoms with van der Waals surface area (Å²) in [6.45, 7) is 0. The summed E-state index contributed by atoms with van der Waals surface area (Å²) in [6.07, 6.45) is 0. The fraction of sp³-hybridized carbons (Fsp3) is 0. The highest BCUT2D eigenvalue weighted by Crippen LogP contribution is 2.46. The molecule has 2 heterocycles. The number of para-hydroxylation sites is 5. The van der Waals surface area contributed by atoms with E-state index in [-0.39, 0.29) is 0 Å². The Hall–Kier alpha value is -8.66. The van der Waals surface area contributed by atoms with Crippen molar-refractivity contribution in [3.63, 3.8) is 0 Å². The number of anilines is 3. The summed E-state index contributed by atoms with van der Waals surface area (Å²) in [6, 6.07) is 87.7. The van der Waals surface area contributed by atoms with Crippen LogP contribution in [0.5, 0.6) is 0 Å². The van der Waals surface area contributed by atoms with E-state index in [2.05, 4.69) is 252 Å². The van der Waals surface area contributed by atoms with Crippen LogP contribution in [0.4, 0.5) is 17.1 Å². The molecular weight excluding hydrogens is 789 g/mol. The van der Waals surface area contributed by atoms with E-state index in [9.17, 15) is 0 Å². The molecular formula is C62H40N2O. The monoisotopic (exact) mass is 828 g/mol. The van der Waals surface area contributed by atoms with Crippen molar-refractivity contribution < 1.29 is 4.42 Å². The normalized spacial score (nSPS) is 11.7. The lowest BCUT2D eigenvalue weighted by Crippen LogP contribution is -2.11. The lowest BCUT2D eigenvalue weighted by Gasteiger charge is -2.28. The van der Waals surface area contributed by atoms with Crippen molar-refractivity contribution in [2.24, 2.45) is 0 Å². The molecule has 304 valence electrons. The number of aromatic nitrogens is 1. The predicted molar refractivity (Wildman–Crippen MR) is 274 cm³/mol. The molecule has 0 aliphatic heterocycles. The second kappa shape index (κ2) is 15.0. The van der Waals surface area contributed by atoms with Gasteiger partial charge in [0.15, 0.2) is 0 Å². The first-order chi connectivity index (χ1) is 32.2. The highest BCUT2D eigenvalue weighted by atomic mass is 16.3. The van der Waals surface area contributed by atoms with Gasteiger partial charge in [0.05, 0.1) is 22.4 Å². The molecule has 0 fully saturated rings. The van der Waals surface area contributed by atoms with Crippen molar-refractivity contribution in [1.29, 1.82) is 0 Å². The fourth-order valence-electron chi connectivity index (χ4n) is 10.1. The van der Waals surface area contributed by atoms with E-state index in [4.69, 9.17) is 4.42 Å². The number of benzene rings is 11. The topological polar surface area (TPSA) is 21.3 Å². The molecule has 0 spiro atoms. The summed E-state index contributed by atoms with van der Waals surface area (Å²) in [7, 11) is 0. The molecule has 0 radical (unpaired) electrons. The van der Waals surface area contributed by atoms with Crippen molar-refractivity contribution in [2.75, 3.05) is 4.90 Å². The zero-order chi connectivity index (χ0) is 42.8. The van der Waals surface area contributed by atoms with E-state index >= 15 is 0 Å². The third kappa shape index (κ3) is 6.12. The summed E-state index contributed by atoms with van der Waals surface area (Å²) in [5.74, 6) is 0. The quantitative estimate of drug-likeness (QED) is 0.160. The van der Waals surface area contributed by atoms with Gasteiger partial charge < -0.3 is 13.9 Å². The molecule has 65 heavy (non-hydrogen) atoms. The molecule has 0 bridgehead atoms. The van der Waals surface area contributed by atoms with E-state index in [0.717, 1.165) is 66.9 Å². The summed E-state index contributed by atoms with van der Waals surface area (Å²) < 4.78 is 9.26. The summed E-state index contributed by atoms with van der Waals surface area (Å²) in [4.78, 5) is 2.40.